The van der Waals surface area contributed by atoms with Crippen LogP contribution in [0.1, 0.15) is 5.56 Å². The van der Waals surface area contributed by atoms with Crippen molar-refractivity contribution in [2.45, 2.75) is 6.54 Å². The molecule has 0 aliphatic heterocycles. The second kappa shape index (κ2) is 5.25. The number of aryl methyl sites for hydroxylation is 1. The molecule has 0 aliphatic carbocycles. The highest BCUT2D eigenvalue weighted by molar-refractivity contribution is 6.58. The molecule has 0 saturated heterocycles. The summed E-state index contributed by atoms with van der Waals surface area (Å²) in [6.07, 6.45) is 1.41. The van der Waals surface area contributed by atoms with Crippen LogP contribution in [0.15, 0.2) is 46.1 Å². The highest BCUT2D eigenvalue weighted by Gasteiger charge is 2.11. The van der Waals surface area contributed by atoms with Crippen LogP contribution in [0.25, 0.3) is 0 Å². The Hall–Kier alpha value is -2.12. The molecule has 0 radical (unpaired) electrons. The minimum Gasteiger partial charge on any atom is -0.423 e. The normalized spacial score (nSPS) is 10.5. The fourth-order valence-electron chi connectivity index (χ4n) is 1.79. The Morgan fingerprint density at radius 3 is 2.63 bits per heavy atom. The summed E-state index contributed by atoms with van der Waals surface area (Å²) in [7, 11) is -0.0121. The highest BCUT2D eigenvalue weighted by atomic mass is 16.4. The van der Waals surface area contributed by atoms with Gasteiger partial charge in [-0.2, -0.15) is 0 Å². The molecule has 0 aliphatic rings. The fourth-order valence-corrected chi connectivity index (χ4v) is 1.79. The molecule has 0 spiro atoms. The van der Waals surface area contributed by atoms with Gasteiger partial charge in [-0.15, -0.1) is 0 Å². The van der Waals surface area contributed by atoms with E-state index in [-0.39, 0.29) is 6.54 Å². The third kappa shape index (κ3) is 2.83. The lowest BCUT2D eigenvalue weighted by atomic mass is 9.79. The van der Waals surface area contributed by atoms with E-state index in [2.05, 4.69) is 0 Å². The number of benzene rings is 1. The van der Waals surface area contributed by atoms with Gasteiger partial charge >= 0.3 is 12.8 Å². The summed E-state index contributed by atoms with van der Waals surface area (Å²) in [5.74, 6) is 0. The molecule has 2 rings (SSSR count). The molecule has 1 aromatic carbocycles. The third-order valence-corrected chi connectivity index (χ3v) is 2.83. The number of nitrogens with zero attached hydrogens (tertiary/aromatic N) is 2. The molecule has 7 heteroatoms. The summed E-state index contributed by atoms with van der Waals surface area (Å²) >= 11 is 0. The van der Waals surface area contributed by atoms with Gasteiger partial charge < -0.3 is 14.6 Å². The molecule has 0 fully saturated rings. The van der Waals surface area contributed by atoms with Gasteiger partial charge in [0.1, 0.15) is 0 Å². The Kier molecular flexibility index (Phi) is 3.68. The molecule has 1 aromatic heterocycles. The van der Waals surface area contributed by atoms with E-state index in [1.54, 1.807) is 31.3 Å². The quantitative estimate of drug-likeness (QED) is 0.642. The van der Waals surface area contributed by atoms with E-state index in [9.17, 15) is 9.59 Å². The van der Waals surface area contributed by atoms with Crippen LogP contribution < -0.4 is 16.7 Å². The van der Waals surface area contributed by atoms with Gasteiger partial charge in [0.05, 0.1) is 6.54 Å². The second-order valence-electron chi connectivity index (χ2n) is 4.25. The average Bonchev–Trinajstić information content (AvgIpc) is 2.39. The zero-order valence-corrected chi connectivity index (χ0v) is 10.4. The summed E-state index contributed by atoms with van der Waals surface area (Å²) in [5.41, 5.74) is 0.162. The van der Waals surface area contributed by atoms with Gasteiger partial charge in [-0.05, 0) is 11.0 Å². The first-order chi connectivity index (χ1) is 8.99. The van der Waals surface area contributed by atoms with E-state index in [4.69, 9.17) is 10.0 Å². The molecule has 0 amide bonds. The zero-order chi connectivity index (χ0) is 14.0. The first-order valence-corrected chi connectivity index (χ1v) is 5.70. The van der Waals surface area contributed by atoms with Crippen molar-refractivity contribution in [2.24, 2.45) is 7.05 Å². The molecular formula is C12H13BN2O4. The van der Waals surface area contributed by atoms with E-state index >= 15 is 0 Å². The molecule has 19 heavy (non-hydrogen) atoms. The van der Waals surface area contributed by atoms with Crippen molar-refractivity contribution in [1.82, 2.24) is 9.13 Å². The maximum absolute atomic E-state index is 11.8. The van der Waals surface area contributed by atoms with E-state index in [1.165, 1.54) is 16.8 Å². The maximum Gasteiger partial charge on any atom is 0.488 e. The van der Waals surface area contributed by atoms with Crippen molar-refractivity contribution >= 4 is 12.6 Å². The van der Waals surface area contributed by atoms with Gasteiger partial charge in [0.2, 0.25) is 0 Å². The molecule has 98 valence electrons. The molecule has 0 saturated carbocycles. The van der Waals surface area contributed by atoms with E-state index in [0.717, 1.165) is 4.57 Å². The summed E-state index contributed by atoms with van der Waals surface area (Å²) in [6.45, 7) is 0.0902. The lowest BCUT2D eigenvalue weighted by Gasteiger charge is -2.08. The Morgan fingerprint density at radius 2 is 1.95 bits per heavy atom. The van der Waals surface area contributed by atoms with Gasteiger partial charge in [-0.25, -0.2) is 4.79 Å². The fraction of sp³-hybridized carbons (Fsp3) is 0.167. The molecule has 2 aromatic rings. The molecule has 0 atom stereocenters. The van der Waals surface area contributed by atoms with Gasteiger partial charge in [0, 0.05) is 19.3 Å². The topological polar surface area (TPSA) is 84.5 Å². The molecule has 6 nitrogen and oxygen atoms in total. The zero-order valence-electron chi connectivity index (χ0n) is 10.4. The van der Waals surface area contributed by atoms with Crippen LogP contribution in [0.4, 0.5) is 0 Å². The molecular weight excluding hydrogens is 247 g/mol. The summed E-state index contributed by atoms with van der Waals surface area (Å²) in [4.78, 5) is 23.5. The largest absolute Gasteiger partial charge is 0.488 e. The first-order valence-electron chi connectivity index (χ1n) is 5.70. The number of hydrogen-bond donors (Lipinski definition) is 2. The molecule has 1 heterocycles. The Bertz CT molecular complexity index is 705. The minimum atomic E-state index is -1.57. The van der Waals surface area contributed by atoms with Crippen LogP contribution in [-0.4, -0.2) is 26.3 Å². The van der Waals surface area contributed by atoms with E-state index in [0.29, 0.717) is 11.0 Å². The predicted molar refractivity (Wildman–Crippen MR) is 71.3 cm³/mol. The van der Waals surface area contributed by atoms with Gasteiger partial charge in [0.15, 0.2) is 0 Å². The van der Waals surface area contributed by atoms with Crippen molar-refractivity contribution in [1.29, 1.82) is 0 Å². The Morgan fingerprint density at radius 1 is 1.21 bits per heavy atom. The van der Waals surface area contributed by atoms with Crippen LogP contribution in [0.2, 0.25) is 0 Å². The Balaban J connectivity index is 2.42. The monoisotopic (exact) mass is 260 g/mol. The maximum atomic E-state index is 11.8. The van der Waals surface area contributed by atoms with E-state index in [1.807, 2.05) is 0 Å². The third-order valence-electron chi connectivity index (χ3n) is 2.83. The number of rotatable bonds is 3. The predicted octanol–water partition coefficient (Wildman–Crippen LogP) is -1.72. The summed E-state index contributed by atoms with van der Waals surface area (Å²) in [6, 6.07) is 7.77. The number of hydrogen-bond acceptors (Lipinski definition) is 4. The van der Waals surface area contributed by atoms with Crippen LogP contribution in [0.3, 0.4) is 0 Å². The lowest BCUT2D eigenvalue weighted by Crippen LogP contribution is -2.38. The Labute approximate surface area is 109 Å². The van der Waals surface area contributed by atoms with Gasteiger partial charge in [-0.1, -0.05) is 24.3 Å². The van der Waals surface area contributed by atoms with Gasteiger partial charge in [0.25, 0.3) is 5.56 Å². The van der Waals surface area contributed by atoms with E-state index < -0.39 is 18.4 Å². The first kappa shape index (κ1) is 13.3. The molecule has 0 unspecified atom stereocenters. The highest BCUT2D eigenvalue weighted by Crippen LogP contribution is 1.98. The van der Waals surface area contributed by atoms with Gasteiger partial charge in [-0.3, -0.25) is 9.36 Å². The van der Waals surface area contributed by atoms with Crippen molar-refractivity contribution < 1.29 is 10.0 Å². The average molecular weight is 260 g/mol. The van der Waals surface area contributed by atoms with Crippen molar-refractivity contribution in [2.75, 3.05) is 0 Å². The SMILES string of the molecule is Cn1ccc(=O)n(Cc2cccc(B(O)O)c2)c1=O. The second-order valence-corrected chi connectivity index (χ2v) is 4.25. The summed E-state index contributed by atoms with van der Waals surface area (Å²) < 4.78 is 2.40. The van der Waals surface area contributed by atoms with Crippen molar-refractivity contribution in [3.8, 4) is 0 Å². The van der Waals surface area contributed by atoms with Crippen LogP contribution in [-0.2, 0) is 13.6 Å². The smallest absolute Gasteiger partial charge is 0.423 e. The van der Waals surface area contributed by atoms with Crippen molar-refractivity contribution in [3.63, 3.8) is 0 Å². The summed E-state index contributed by atoms with van der Waals surface area (Å²) in [5, 5.41) is 18.2. The molecule has 0 bridgehead atoms. The van der Waals surface area contributed by atoms with Crippen molar-refractivity contribution in [3.05, 3.63) is 62.9 Å². The molecule has 2 N–H and O–H groups in total. The standard InChI is InChI=1S/C12H13BN2O4/c1-14-6-5-11(16)15(12(14)17)8-9-3-2-4-10(7-9)13(18)19/h2-7,18-19H,8H2,1H3. The van der Waals surface area contributed by atoms with Crippen LogP contribution >= 0.6 is 0 Å². The number of aromatic nitrogens is 2. The lowest BCUT2D eigenvalue weighted by molar-refractivity contribution is 0.425. The minimum absolute atomic E-state index is 0.0902. The van der Waals surface area contributed by atoms with Crippen LogP contribution in [0.5, 0.6) is 0 Å². The van der Waals surface area contributed by atoms with Crippen LogP contribution in [0, 0.1) is 0 Å².